The standard InChI is InChI=1S/C12H6BrClN2O2/c13-9-8(5-15)10(16-11(9)12(17)18)6-1-3-7(14)4-2-6/h1-4,16H,(H,17,18). The molecule has 0 spiro atoms. The molecule has 4 nitrogen and oxygen atoms in total. The number of aromatic carboxylic acids is 1. The van der Waals surface area contributed by atoms with Crippen LogP contribution < -0.4 is 0 Å². The second-order valence-electron chi connectivity index (χ2n) is 3.49. The fraction of sp³-hybridized carbons (Fsp3) is 0. The number of nitriles is 1. The highest BCUT2D eigenvalue weighted by molar-refractivity contribution is 9.10. The first-order valence-electron chi connectivity index (χ1n) is 4.85. The summed E-state index contributed by atoms with van der Waals surface area (Å²) < 4.78 is 0.252. The van der Waals surface area contributed by atoms with Gasteiger partial charge in [0.1, 0.15) is 11.8 Å². The van der Waals surface area contributed by atoms with E-state index in [1.165, 1.54) is 0 Å². The van der Waals surface area contributed by atoms with E-state index in [4.69, 9.17) is 22.0 Å². The first-order chi connectivity index (χ1) is 8.54. The predicted octanol–water partition coefficient (Wildman–Crippen LogP) is 3.67. The number of nitrogens with zero attached hydrogens (tertiary/aromatic N) is 1. The van der Waals surface area contributed by atoms with Crippen LogP contribution in [0.1, 0.15) is 16.1 Å². The van der Waals surface area contributed by atoms with E-state index in [0.29, 0.717) is 16.3 Å². The number of aromatic amines is 1. The highest BCUT2D eigenvalue weighted by Gasteiger charge is 2.20. The molecule has 18 heavy (non-hydrogen) atoms. The average Bonchev–Trinajstić information content (AvgIpc) is 2.67. The summed E-state index contributed by atoms with van der Waals surface area (Å²) in [5.74, 6) is -1.13. The number of hydrogen-bond acceptors (Lipinski definition) is 2. The number of aromatic nitrogens is 1. The van der Waals surface area contributed by atoms with Crippen molar-refractivity contribution in [2.75, 3.05) is 0 Å². The van der Waals surface area contributed by atoms with Gasteiger partial charge in [0.15, 0.2) is 0 Å². The maximum absolute atomic E-state index is 11.0. The zero-order chi connectivity index (χ0) is 13.3. The summed E-state index contributed by atoms with van der Waals surface area (Å²) in [5, 5.41) is 18.7. The molecule has 1 aromatic carbocycles. The van der Waals surface area contributed by atoms with Gasteiger partial charge in [-0.3, -0.25) is 0 Å². The molecule has 0 bridgehead atoms. The topological polar surface area (TPSA) is 76.9 Å². The Morgan fingerprint density at radius 1 is 1.39 bits per heavy atom. The van der Waals surface area contributed by atoms with Crippen molar-refractivity contribution in [1.82, 2.24) is 4.98 Å². The lowest BCUT2D eigenvalue weighted by molar-refractivity contribution is 0.0690. The number of carboxylic acids is 1. The van der Waals surface area contributed by atoms with Crippen LogP contribution >= 0.6 is 27.5 Å². The Morgan fingerprint density at radius 2 is 2.00 bits per heavy atom. The summed E-state index contributed by atoms with van der Waals surface area (Å²) in [6, 6.07) is 8.76. The number of carboxylic acid groups (broad SMARTS) is 1. The molecule has 0 unspecified atom stereocenters. The molecule has 90 valence electrons. The molecule has 0 saturated carbocycles. The second kappa shape index (κ2) is 4.84. The van der Waals surface area contributed by atoms with E-state index >= 15 is 0 Å². The smallest absolute Gasteiger partial charge is 0.353 e. The number of H-pyrrole nitrogens is 1. The van der Waals surface area contributed by atoms with Crippen molar-refractivity contribution in [3.05, 3.63) is 45.0 Å². The first kappa shape index (κ1) is 12.7. The first-order valence-corrected chi connectivity index (χ1v) is 6.02. The van der Waals surface area contributed by atoms with Crippen LogP contribution in [0.5, 0.6) is 0 Å². The average molecular weight is 326 g/mol. The Kier molecular flexibility index (Phi) is 3.41. The van der Waals surface area contributed by atoms with E-state index in [-0.39, 0.29) is 15.7 Å². The van der Waals surface area contributed by atoms with Crippen LogP contribution in [0.25, 0.3) is 11.3 Å². The normalized spacial score (nSPS) is 10.1. The number of halogens is 2. The summed E-state index contributed by atoms with van der Waals surface area (Å²) in [7, 11) is 0. The molecular weight excluding hydrogens is 320 g/mol. The lowest BCUT2D eigenvalue weighted by Crippen LogP contribution is -1.97. The molecule has 0 atom stereocenters. The van der Waals surface area contributed by atoms with Crippen LogP contribution in [0.15, 0.2) is 28.7 Å². The van der Waals surface area contributed by atoms with Crippen LogP contribution in [0, 0.1) is 11.3 Å². The molecule has 1 aromatic heterocycles. The molecule has 0 aliphatic rings. The van der Waals surface area contributed by atoms with Crippen molar-refractivity contribution in [2.24, 2.45) is 0 Å². The lowest BCUT2D eigenvalue weighted by Gasteiger charge is -1.99. The predicted molar refractivity (Wildman–Crippen MR) is 70.6 cm³/mol. The van der Waals surface area contributed by atoms with Gasteiger partial charge in [0.05, 0.1) is 15.7 Å². The van der Waals surface area contributed by atoms with Crippen molar-refractivity contribution in [2.45, 2.75) is 0 Å². The molecule has 2 N–H and O–H groups in total. The molecule has 0 fully saturated rings. The molecule has 2 rings (SSSR count). The van der Waals surface area contributed by atoms with Crippen LogP contribution in [-0.2, 0) is 0 Å². The SMILES string of the molecule is N#Cc1c(-c2ccc(Cl)cc2)[nH]c(C(=O)O)c1Br. The molecule has 0 aliphatic heterocycles. The Labute approximate surface area is 116 Å². The van der Waals surface area contributed by atoms with Gasteiger partial charge >= 0.3 is 5.97 Å². The largest absolute Gasteiger partial charge is 0.477 e. The molecule has 0 saturated heterocycles. The van der Waals surface area contributed by atoms with Gasteiger partial charge in [0.25, 0.3) is 0 Å². The number of hydrogen-bond donors (Lipinski definition) is 2. The molecule has 0 amide bonds. The minimum Gasteiger partial charge on any atom is -0.477 e. The third kappa shape index (κ3) is 2.13. The maximum Gasteiger partial charge on any atom is 0.353 e. The molecule has 6 heteroatoms. The summed E-state index contributed by atoms with van der Waals surface area (Å²) in [4.78, 5) is 13.7. The number of carbonyl (C=O) groups is 1. The molecule has 0 aliphatic carbocycles. The fourth-order valence-corrected chi connectivity index (χ4v) is 2.24. The monoisotopic (exact) mass is 324 g/mol. The van der Waals surface area contributed by atoms with Gasteiger partial charge in [-0.2, -0.15) is 5.26 Å². The van der Waals surface area contributed by atoms with E-state index in [1.807, 2.05) is 6.07 Å². The van der Waals surface area contributed by atoms with Crippen LogP contribution in [0.2, 0.25) is 5.02 Å². The highest BCUT2D eigenvalue weighted by Crippen LogP contribution is 2.32. The minimum atomic E-state index is -1.13. The van der Waals surface area contributed by atoms with Crippen molar-refractivity contribution < 1.29 is 9.90 Å². The van der Waals surface area contributed by atoms with Crippen LogP contribution in [0.3, 0.4) is 0 Å². The highest BCUT2D eigenvalue weighted by atomic mass is 79.9. The summed E-state index contributed by atoms with van der Waals surface area (Å²) >= 11 is 8.90. The second-order valence-corrected chi connectivity index (χ2v) is 4.72. The summed E-state index contributed by atoms with van der Waals surface area (Å²) in [6.07, 6.45) is 0. The Bertz CT molecular complexity index is 656. The number of nitrogens with one attached hydrogen (secondary N) is 1. The van der Waals surface area contributed by atoms with Gasteiger partial charge in [-0.25, -0.2) is 4.79 Å². The van der Waals surface area contributed by atoms with Crippen molar-refractivity contribution in [3.63, 3.8) is 0 Å². The molecular formula is C12H6BrClN2O2. The molecule has 1 heterocycles. The minimum absolute atomic E-state index is 0.0449. The lowest BCUT2D eigenvalue weighted by atomic mass is 10.1. The third-order valence-electron chi connectivity index (χ3n) is 2.40. The van der Waals surface area contributed by atoms with Crippen LogP contribution in [-0.4, -0.2) is 16.1 Å². The Balaban J connectivity index is 2.65. The van der Waals surface area contributed by atoms with Crippen molar-refractivity contribution in [1.29, 1.82) is 5.26 Å². The van der Waals surface area contributed by atoms with Crippen LogP contribution in [0.4, 0.5) is 0 Å². The van der Waals surface area contributed by atoms with E-state index in [1.54, 1.807) is 24.3 Å². The maximum atomic E-state index is 11.0. The van der Waals surface area contributed by atoms with Gasteiger partial charge in [0, 0.05) is 5.02 Å². The quantitative estimate of drug-likeness (QED) is 0.884. The van der Waals surface area contributed by atoms with E-state index < -0.39 is 5.97 Å². The summed E-state index contributed by atoms with van der Waals surface area (Å²) in [5.41, 5.74) is 1.37. The summed E-state index contributed by atoms with van der Waals surface area (Å²) in [6.45, 7) is 0. The van der Waals surface area contributed by atoms with Gasteiger partial charge in [-0.1, -0.05) is 23.7 Å². The van der Waals surface area contributed by atoms with E-state index in [2.05, 4.69) is 20.9 Å². The fourth-order valence-electron chi connectivity index (χ4n) is 1.56. The molecule has 0 radical (unpaired) electrons. The molecule has 2 aromatic rings. The Morgan fingerprint density at radius 3 is 2.50 bits per heavy atom. The van der Waals surface area contributed by atoms with E-state index in [9.17, 15) is 4.79 Å². The van der Waals surface area contributed by atoms with Crippen molar-refractivity contribution >= 4 is 33.5 Å². The number of benzene rings is 1. The van der Waals surface area contributed by atoms with Gasteiger partial charge < -0.3 is 10.1 Å². The van der Waals surface area contributed by atoms with Crippen molar-refractivity contribution in [3.8, 4) is 17.3 Å². The zero-order valence-electron chi connectivity index (χ0n) is 8.87. The van der Waals surface area contributed by atoms with Gasteiger partial charge in [-0.15, -0.1) is 0 Å². The van der Waals surface area contributed by atoms with E-state index in [0.717, 1.165) is 0 Å². The third-order valence-corrected chi connectivity index (χ3v) is 3.44. The Hall–Kier alpha value is -1.77. The van der Waals surface area contributed by atoms with Gasteiger partial charge in [-0.05, 0) is 33.6 Å². The zero-order valence-corrected chi connectivity index (χ0v) is 11.2. The number of rotatable bonds is 2. The van der Waals surface area contributed by atoms with Gasteiger partial charge in [0.2, 0.25) is 0 Å².